The summed E-state index contributed by atoms with van der Waals surface area (Å²) in [6.45, 7) is 6.46. The van der Waals surface area contributed by atoms with E-state index in [1.165, 1.54) is 51.4 Å². The molecule has 0 radical (unpaired) electrons. The van der Waals surface area contributed by atoms with Gasteiger partial charge in [-0.05, 0) is 80.6 Å². The minimum atomic E-state index is 0.112. The summed E-state index contributed by atoms with van der Waals surface area (Å²) in [5, 5.41) is 6.80. The normalized spacial score (nSPS) is 47.6. The van der Waals surface area contributed by atoms with Crippen LogP contribution in [-0.4, -0.2) is 24.5 Å². The van der Waals surface area contributed by atoms with Gasteiger partial charge in [0, 0.05) is 5.54 Å². The highest BCUT2D eigenvalue weighted by atomic mass is 16.2. The van der Waals surface area contributed by atoms with Gasteiger partial charge in [0.15, 0.2) is 0 Å². The lowest BCUT2D eigenvalue weighted by Crippen LogP contribution is -2.65. The molecule has 2 unspecified atom stereocenters. The molecule has 0 saturated heterocycles. The van der Waals surface area contributed by atoms with E-state index in [1.807, 2.05) is 0 Å². The van der Waals surface area contributed by atoms with E-state index in [-0.39, 0.29) is 11.4 Å². The SMILES string of the molecule is CC12CC3CC(C)(C1)CC(NC(=O)CNCC1CC1)(C3)C2. The van der Waals surface area contributed by atoms with Gasteiger partial charge in [0.2, 0.25) is 5.91 Å². The number of hydrogen-bond donors (Lipinski definition) is 2. The molecule has 4 bridgehead atoms. The van der Waals surface area contributed by atoms with Crippen LogP contribution in [0.5, 0.6) is 0 Å². The summed E-state index contributed by atoms with van der Waals surface area (Å²) in [6, 6.07) is 0. The second-order valence-electron chi connectivity index (χ2n) is 9.53. The number of amides is 1. The van der Waals surface area contributed by atoms with E-state index < -0.39 is 0 Å². The van der Waals surface area contributed by atoms with Gasteiger partial charge in [-0.3, -0.25) is 4.79 Å². The molecule has 5 rings (SSSR count). The highest BCUT2D eigenvalue weighted by Gasteiger charge is 2.60. The Labute approximate surface area is 128 Å². The molecule has 0 aliphatic heterocycles. The Kier molecular flexibility index (Phi) is 2.99. The topological polar surface area (TPSA) is 41.1 Å². The first-order valence-corrected chi connectivity index (χ1v) is 8.90. The first-order chi connectivity index (χ1) is 9.88. The number of carbonyl (C=O) groups is 1. The molecule has 0 aromatic rings. The van der Waals surface area contributed by atoms with Crippen LogP contribution in [0.4, 0.5) is 0 Å². The third kappa shape index (κ3) is 2.74. The smallest absolute Gasteiger partial charge is 0.234 e. The third-order valence-electron chi connectivity index (χ3n) is 6.45. The monoisotopic (exact) mass is 290 g/mol. The zero-order valence-corrected chi connectivity index (χ0v) is 13.6. The number of carbonyl (C=O) groups excluding carboxylic acids is 1. The van der Waals surface area contributed by atoms with E-state index in [4.69, 9.17) is 0 Å². The van der Waals surface area contributed by atoms with Crippen molar-refractivity contribution in [1.29, 1.82) is 0 Å². The van der Waals surface area contributed by atoms with Crippen molar-refractivity contribution in [3.05, 3.63) is 0 Å². The molecule has 2 N–H and O–H groups in total. The number of rotatable bonds is 5. The molecule has 118 valence electrons. The van der Waals surface area contributed by atoms with Crippen LogP contribution in [0.15, 0.2) is 0 Å². The minimum Gasteiger partial charge on any atom is -0.350 e. The summed E-state index contributed by atoms with van der Waals surface area (Å²) in [4.78, 5) is 12.4. The van der Waals surface area contributed by atoms with Crippen LogP contribution in [0, 0.1) is 22.7 Å². The molecule has 3 nitrogen and oxygen atoms in total. The molecule has 2 atom stereocenters. The van der Waals surface area contributed by atoms with Crippen molar-refractivity contribution in [3.8, 4) is 0 Å². The second-order valence-corrected chi connectivity index (χ2v) is 9.53. The van der Waals surface area contributed by atoms with Gasteiger partial charge in [-0.1, -0.05) is 13.8 Å². The van der Waals surface area contributed by atoms with Crippen LogP contribution in [-0.2, 0) is 4.79 Å². The zero-order valence-electron chi connectivity index (χ0n) is 13.6. The molecule has 5 aliphatic rings. The van der Waals surface area contributed by atoms with E-state index in [0.29, 0.717) is 17.4 Å². The average molecular weight is 290 g/mol. The molecular weight excluding hydrogens is 260 g/mol. The lowest BCUT2D eigenvalue weighted by Gasteiger charge is -2.65. The Morgan fingerprint density at radius 1 is 1.05 bits per heavy atom. The summed E-state index contributed by atoms with van der Waals surface area (Å²) in [7, 11) is 0. The van der Waals surface area contributed by atoms with Crippen molar-refractivity contribution in [3.63, 3.8) is 0 Å². The predicted octanol–water partition coefficient (Wildman–Crippen LogP) is 2.85. The maximum absolute atomic E-state index is 12.4. The Hall–Kier alpha value is -0.570. The number of nitrogens with one attached hydrogen (secondary N) is 2. The molecule has 3 heteroatoms. The molecule has 5 fully saturated rings. The maximum Gasteiger partial charge on any atom is 0.234 e. The molecule has 0 spiro atoms. The van der Waals surface area contributed by atoms with Crippen molar-refractivity contribution >= 4 is 5.91 Å². The Balaban J connectivity index is 1.40. The van der Waals surface area contributed by atoms with Crippen LogP contribution in [0.2, 0.25) is 0 Å². The second kappa shape index (κ2) is 4.47. The van der Waals surface area contributed by atoms with Crippen molar-refractivity contribution in [2.75, 3.05) is 13.1 Å². The van der Waals surface area contributed by atoms with Gasteiger partial charge in [0.25, 0.3) is 0 Å². The summed E-state index contributed by atoms with van der Waals surface area (Å²) in [6.07, 6.45) is 10.5. The van der Waals surface area contributed by atoms with Crippen molar-refractivity contribution in [2.45, 2.75) is 70.8 Å². The summed E-state index contributed by atoms with van der Waals surface area (Å²) < 4.78 is 0. The van der Waals surface area contributed by atoms with Crippen molar-refractivity contribution in [2.24, 2.45) is 22.7 Å². The Bertz CT molecular complexity index is 438. The van der Waals surface area contributed by atoms with E-state index in [9.17, 15) is 4.79 Å². The van der Waals surface area contributed by atoms with Crippen LogP contribution in [0.3, 0.4) is 0 Å². The van der Waals surface area contributed by atoms with Crippen LogP contribution >= 0.6 is 0 Å². The van der Waals surface area contributed by atoms with Crippen LogP contribution in [0.25, 0.3) is 0 Å². The van der Waals surface area contributed by atoms with Gasteiger partial charge in [0.05, 0.1) is 6.54 Å². The first-order valence-electron chi connectivity index (χ1n) is 8.90. The van der Waals surface area contributed by atoms with Gasteiger partial charge in [-0.15, -0.1) is 0 Å². The summed E-state index contributed by atoms with van der Waals surface area (Å²) in [5.74, 6) is 1.91. The molecule has 21 heavy (non-hydrogen) atoms. The lowest BCUT2D eigenvalue weighted by atomic mass is 9.43. The minimum absolute atomic E-state index is 0.112. The largest absolute Gasteiger partial charge is 0.350 e. The quantitative estimate of drug-likeness (QED) is 0.817. The molecule has 0 heterocycles. The van der Waals surface area contributed by atoms with E-state index >= 15 is 0 Å². The maximum atomic E-state index is 12.4. The molecule has 0 aromatic heterocycles. The Morgan fingerprint density at radius 3 is 2.29 bits per heavy atom. The highest BCUT2D eigenvalue weighted by Crippen LogP contribution is 2.66. The van der Waals surface area contributed by atoms with Gasteiger partial charge >= 0.3 is 0 Å². The molecule has 1 amide bonds. The molecular formula is C18H30N2O. The molecule has 5 aliphatic carbocycles. The van der Waals surface area contributed by atoms with Gasteiger partial charge < -0.3 is 10.6 Å². The Morgan fingerprint density at radius 2 is 1.71 bits per heavy atom. The van der Waals surface area contributed by atoms with Crippen LogP contribution < -0.4 is 10.6 Å². The first kappa shape index (κ1) is 14.0. The van der Waals surface area contributed by atoms with Crippen molar-refractivity contribution < 1.29 is 4.79 Å². The highest BCUT2D eigenvalue weighted by molar-refractivity contribution is 5.79. The number of hydrogen-bond acceptors (Lipinski definition) is 2. The lowest BCUT2D eigenvalue weighted by molar-refractivity contribution is -0.139. The zero-order chi connectivity index (χ0) is 14.7. The summed E-state index contributed by atoms with van der Waals surface area (Å²) >= 11 is 0. The van der Waals surface area contributed by atoms with Crippen LogP contribution in [0.1, 0.15) is 65.2 Å². The van der Waals surface area contributed by atoms with Crippen molar-refractivity contribution in [1.82, 2.24) is 10.6 Å². The van der Waals surface area contributed by atoms with Gasteiger partial charge in [-0.25, -0.2) is 0 Å². The van der Waals surface area contributed by atoms with Gasteiger partial charge in [0.1, 0.15) is 0 Å². The third-order valence-corrected chi connectivity index (χ3v) is 6.45. The van der Waals surface area contributed by atoms with Gasteiger partial charge in [-0.2, -0.15) is 0 Å². The van der Waals surface area contributed by atoms with E-state index in [1.54, 1.807) is 0 Å². The standard InChI is InChI=1S/C18H30N2O/c1-16-5-14-6-17(2,10-16)12-18(7-14,11-16)20-15(21)9-19-8-13-3-4-13/h13-14,19H,3-12H2,1-2H3,(H,20,21). The van der Waals surface area contributed by atoms with E-state index in [2.05, 4.69) is 24.5 Å². The molecule has 5 saturated carbocycles. The fourth-order valence-corrected chi connectivity index (χ4v) is 6.64. The molecule has 0 aromatic carbocycles. The van der Waals surface area contributed by atoms with E-state index in [0.717, 1.165) is 18.4 Å². The fourth-order valence-electron chi connectivity index (χ4n) is 6.64. The predicted molar refractivity (Wildman–Crippen MR) is 83.9 cm³/mol. The average Bonchev–Trinajstić information content (AvgIpc) is 3.06. The fraction of sp³-hybridized carbons (Fsp3) is 0.944. The summed E-state index contributed by atoms with van der Waals surface area (Å²) in [5.41, 5.74) is 1.06.